The van der Waals surface area contributed by atoms with E-state index in [4.69, 9.17) is 11.6 Å². The fourth-order valence-electron chi connectivity index (χ4n) is 3.63. The average Bonchev–Trinajstić information content (AvgIpc) is 3.25. The van der Waals surface area contributed by atoms with Gasteiger partial charge in [0.2, 0.25) is 5.91 Å². The fourth-order valence-corrected chi connectivity index (χ4v) is 4.66. The summed E-state index contributed by atoms with van der Waals surface area (Å²) in [6.07, 6.45) is -0.462. The van der Waals surface area contributed by atoms with Gasteiger partial charge in [-0.05, 0) is 48.5 Å². The highest BCUT2D eigenvalue weighted by Crippen LogP contribution is 2.25. The molecule has 0 aliphatic rings. The monoisotopic (exact) mass is 578 g/mol. The maximum Gasteiger partial charge on any atom is 0.337 e. The van der Waals surface area contributed by atoms with Gasteiger partial charge in [-0.1, -0.05) is 41.9 Å². The Morgan fingerprint density at radius 1 is 0.950 bits per heavy atom. The van der Waals surface area contributed by atoms with Crippen molar-refractivity contribution in [2.45, 2.75) is 11.3 Å². The first kappa shape index (κ1) is 27.8. The smallest absolute Gasteiger partial charge is 0.337 e. The van der Waals surface area contributed by atoms with Gasteiger partial charge in [0, 0.05) is 5.02 Å². The van der Waals surface area contributed by atoms with Crippen LogP contribution in [0.3, 0.4) is 0 Å². The molecule has 0 atom stereocenters. The van der Waals surface area contributed by atoms with E-state index in [9.17, 15) is 33.2 Å². The number of carboxylic acid groups (broad SMARTS) is 1. The van der Waals surface area contributed by atoms with Gasteiger partial charge in [-0.25, -0.2) is 27.4 Å². The van der Waals surface area contributed by atoms with Crippen LogP contribution in [0.4, 0.5) is 16.3 Å². The minimum atomic E-state index is -4.30. The Morgan fingerprint density at radius 2 is 1.60 bits per heavy atom. The summed E-state index contributed by atoms with van der Waals surface area (Å²) in [6, 6.07) is 19.9. The lowest BCUT2D eigenvalue weighted by molar-refractivity contribution is -0.115. The Kier molecular flexibility index (Phi) is 8.13. The summed E-state index contributed by atoms with van der Waals surface area (Å²) in [7, 11) is -4.30. The Balaban J connectivity index is 1.64. The number of aromatic nitrogens is 2. The zero-order chi connectivity index (χ0) is 28.9. The van der Waals surface area contributed by atoms with Gasteiger partial charge in [0.15, 0.2) is 5.82 Å². The zero-order valence-corrected chi connectivity index (χ0v) is 21.9. The molecule has 14 heteroatoms. The van der Waals surface area contributed by atoms with Crippen LogP contribution in [0, 0.1) is 11.3 Å². The van der Waals surface area contributed by atoms with Crippen LogP contribution in [0.15, 0.2) is 83.8 Å². The number of carbonyl (C=O) groups is 3. The number of sulfonamides is 1. The van der Waals surface area contributed by atoms with Gasteiger partial charge in [0.05, 0.1) is 33.9 Å². The average molecular weight is 579 g/mol. The molecule has 4 aromatic rings. The number of carbonyl (C=O) groups excluding carboxylic acids is 2. The molecule has 0 spiro atoms. The summed E-state index contributed by atoms with van der Waals surface area (Å²) in [6.45, 7) is 0. The molecule has 1 aromatic heterocycles. The minimum Gasteiger partial charge on any atom is -0.478 e. The van der Waals surface area contributed by atoms with Crippen molar-refractivity contribution in [2.75, 3.05) is 10.6 Å². The van der Waals surface area contributed by atoms with Crippen LogP contribution in [0.2, 0.25) is 5.02 Å². The number of hydrogen-bond acceptors (Lipinski definition) is 7. The van der Waals surface area contributed by atoms with Crippen LogP contribution in [0.25, 0.3) is 5.69 Å². The van der Waals surface area contributed by atoms with E-state index in [1.807, 2.05) is 10.8 Å². The zero-order valence-electron chi connectivity index (χ0n) is 20.3. The van der Waals surface area contributed by atoms with Crippen molar-refractivity contribution in [3.05, 3.63) is 101 Å². The Hall–Kier alpha value is -5.19. The van der Waals surface area contributed by atoms with E-state index in [-0.39, 0.29) is 33.2 Å². The van der Waals surface area contributed by atoms with Crippen molar-refractivity contribution in [3.8, 4) is 11.8 Å². The number of hydrogen-bond donors (Lipinski definition) is 4. The lowest BCUT2D eigenvalue weighted by Gasteiger charge is -2.11. The van der Waals surface area contributed by atoms with Crippen LogP contribution in [0.1, 0.15) is 21.6 Å². The van der Waals surface area contributed by atoms with Crippen LogP contribution < -0.4 is 15.4 Å². The molecule has 4 rings (SSSR count). The SMILES string of the molecule is N#Cc1c(CC(=O)Nc2ccccc2C(=O)O)nn(-c2ccccc2)c1NC(=O)NS(=O)(=O)c1ccc(Cl)cc1. The first-order valence-corrected chi connectivity index (χ1v) is 13.2. The first-order valence-electron chi connectivity index (χ1n) is 11.4. The Labute approximate surface area is 232 Å². The van der Waals surface area contributed by atoms with E-state index in [0.29, 0.717) is 10.7 Å². The molecule has 3 amide bonds. The minimum absolute atomic E-state index is 0.0473. The molecule has 202 valence electrons. The summed E-state index contributed by atoms with van der Waals surface area (Å²) in [4.78, 5) is 36.9. The molecule has 3 aromatic carbocycles. The second-order valence-corrected chi connectivity index (χ2v) is 10.2. The molecule has 40 heavy (non-hydrogen) atoms. The molecule has 0 saturated heterocycles. The van der Waals surface area contributed by atoms with Gasteiger partial charge in [-0.2, -0.15) is 10.4 Å². The number of benzene rings is 3. The molecular weight excluding hydrogens is 560 g/mol. The number of aromatic carboxylic acids is 1. The number of nitrogens with one attached hydrogen (secondary N) is 3. The number of nitriles is 1. The highest BCUT2D eigenvalue weighted by Gasteiger charge is 2.25. The Morgan fingerprint density at radius 3 is 2.25 bits per heavy atom. The normalized spacial score (nSPS) is 10.8. The Bertz CT molecular complexity index is 1750. The highest BCUT2D eigenvalue weighted by molar-refractivity contribution is 7.90. The second-order valence-electron chi connectivity index (χ2n) is 8.12. The number of rotatable bonds is 8. The van der Waals surface area contributed by atoms with Gasteiger partial charge in [-0.15, -0.1) is 0 Å². The molecule has 0 saturated carbocycles. The lowest BCUT2D eigenvalue weighted by atomic mass is 10.1. The van der Waals surface area contributed by atoms with E-state index >= 15 is 0 Å². The maximum atomic E-state index is 12.8. The number of amides is 3. The molecule has 0 bridgehead atoms. The highest BCUT2D eigenvalue weighted by atomic mass is 35.5. The van der Waals surface area contributed by atoms with Crippen molar-refractivity contribution in [1.29, 1.82) is 5.26 Å². The molecule has 4 N–H and O–H groups in total. The molecule has 0 aliphatic carbocycles. The third-order valence-electron chi connectivity index (χ3n) is 5.41. The van der Waals surface area contributed by atoms with Gasteiger partial charge in [0.25, 0.3) is 10.0 Å². The van der Waals surface area contributed by atoms with Crippen LogP contribution in [-0.2, 0) is 21.2 Å². The molecule has 1 heterocycles. The molecule has 0 aliphatic heterocycles. The summed E-state index contributed by atoms with van der Waals surface area (Å²) in [5.41, 5.74) is 0.0630. The largest absolute Gasteiger partial charge is 0.478 e. The van der Waals surface area contributed by atoms with Crippen molar-refractivity contribution in [3.63, 3.8) is 0 Å². The maximum absolute atomic E-state index is 12.8. The number of urea groups is 1. The van der Waals surface area contributed by atoms with Crippen molar-refractivity contribution in [2.24, 2.45) is 0 Å². The van der Waals surface area contributed by atoms with Crippen molar-refractivity contribution < 1.29 is 27.9 Å². The molecule has 0 radical (unpaired) electrons. The number of anilines is 2. The van der Waals surface area contributed by atoms with E-state index in [2.05, 4.69) is 15.7 Å². The molecule has 0 unspecified atom stereocenters. The van der Waals surface area contributed by atoms with Crippen molar-refractivity contribution >= 4 is 51.0 Å². The standard InChI is InChI=1S/C26H19ClN6O6S/c27-16-10-12-18(13-11-16)40(38,39)32-26(37)30-24-20(15-28)22(31-33(24)17-6-2-1-3-7-17)14-23(34)29-21-9-5-4-8-19(21)25(35)36/h1-13H,14H2,(H,29,34)(H,35,36)(H2,30,32,37). The number of nitrogens with zero attached hydrogens (tertiary/aromatic N) is 3. The summed E-state index contributed by atoms with van der Waals surface area (Å²) >= 11 is 5.80. The topological polar surface area (TPSA) is 183 Å². The van der Waals surface area contributed by atoms with Crippen molar-refractivity contribution in [1.82, 2.24) is 14.5 Å². The van der Waals surface area contributed by atoms with Crippen LogP contribution >= 0.6 is 11.6 Å². The van der Waals surface area contributed by atoms with E-state index in [1.165, 1.54) is 47.1 Å². The van der Waals surface area contributed by atoms with E-state index < -0.39 is 34.4 Å². The predicted molar refractivity (Wildman–Crippen MR) is 145 cm³/mol. The van der Waals surface area contributed by atoms with Gasteiger partial charge < -0.3 is 10.4 Å². The molecule has 12 nitrogen and oxygen atoms in total. The predicted octanol–water partition coefficient (Wildman–Crippen LogP) is 3.79. The third-order valence-corrected chi connectivity index (χ3v) is 7.01. The summed E-state index contributed by atoms with van der Waals surface area (Å²) < 4.78 is 28.4. The lowest BCUT2D eigenvalue weighted by Crippen LogP contribution is -2.35. The van der Waals surface area contributed by atoms with E-state index in [1.54, 1.807) is 36.4 Å². The van der Waals surface area contributed by atoms with Gasteiger partial charge in [0.1, 0.15) is 11.6 Å². The molecule has 0 fully saturated rings. The summed E-state index contributed by atoms with van der Waals surface area (Å²) in [5, 5.41) is 28.7. The third kappa shape index (κ3) is 6.26. The van der Waals surface area contributed by atoms with Crippen LogP contribution in [-0.4, -0.2) is 41.2 Å². The van der Waals surface area contributed by atoms with Gasteiger partial charge >= 0.3 is 12.0 Å². The summed E-state index contributed by atoms with van der Waals surface area (Å²) in [5.74, 6) is -2.11. The number of para-hydroxylation sites is 2. The quantitative estimate of drug-likeness (QED) is 0.243. The fraction of sp³-hybridized carbons (Fsp3) is 0.0385. The molecular formula is C26H19ClN6O6S. The van der Waals surface area contributed by atoms with E-state index in [0.717, 1.165) is 0 Å². The van der Waals surface area contributed by atoms with Crippen LogP contribution in [0.5, 0.6) is 0 Å². The second kappa shape index (κ2) is 11.7. The van der Waals surface area contributed by atoms with Gasteiger partial charge in [-0.3, -0.25) is 10.1 Å². The number of carboxylic acids is 1. The number of halogens is 1. The first-order chi connectivity index (χ1) is 19.1.